The minimum Gasteiger partial charge on any atom is -0.368 e. The molecular formula is C43H45F2O8P. The molecule has 0 radical (unpaired) electrons. The van der Waals surface area contributed by atoms with Gasteiger partial charge in [-0.05, 0) is 34.2 Å². The Bertz CT molecular complexity index is 1860. The third kappa shape index (κ3) is 11.2. The molecule has 0 spiro atoms. The summed E-state index contributed by atoms with van der Waals surface area (Å²) in [5, 5.41) is 0. The van der Waals surface area contributed by atoms with Crippen molar-refractivity contribution in [1.29, 1.82) is 0 Å². The number of benzene rings is 5. The van der Waals surface area contributed by atoms with E-state index < -0.39 is 57.0 Å². The summed E-state index contributed by atoms with van der Waals surface area (Å²) < 4.78 is 82.1. The minimum atomic E-state index is -5.42. The summed E-state index contributed by atoms with van der Waals surface area (Å²) in [7, 11) is -5.42. The normalized spacial score (nSPS) is 21.4. The van der Waals surface area contributed by atoms with Gasteiger partial charge < -0.3 is 28.6 Å². The fourth-order valence-corrected chi connectivity index (χ4v) is 7.08. The molecule has 1 saturated heterocycles. The molecule has 0 aromatic heterocycles. The van der Waals surface area contributed by atoms with Gasteiger partial charge in [0, 0.05) is 6.42 Å². The first-order valence-corrected chi connectivity index (χ1v) is 19.5. The molecule has 5 aromatic rings. The van der Waals surface area contributed by atoms with E-state index in [9.17, 15) is 9.46 Å². The summed E-state index contributed by atoms with van der Waals surface area (Å²) in [6.07, 6.45) is -6.25. The van der Waals surface area contributed by atoms with Crippen LogP contribution in [0.3, 0.4) is 0 Å². The van der Waals surface area contributed by atoms with Gasteiger partial charge in [0.05, 0.1) is 39.1 Å². The summed E-state index contributed by atoms with van der Waals surface area (Å²) in [6.45, 7) is 0.158. The van der Waals surface area contributed by atoms with Crippen LogP contribution < -0.4 is 0 Å². The molecule has 1 fully saturated rings. The van der Waals surface area contributed by atoms with Crippen molar-refractivity contribution >= 4 is 7.60 Å². The van der Waals surface area contributed by atoms with E-state index in [1.807, 2.05) is 121 Å². The van der Waals surface area contributed by atoms with Gasteiger partial charge in [0.25, 0.3) is 0 Å². The lowest BCUT2D eigenvalue weighted by Gasteiger charge is -2.46. The lowest BCUT2D eigenvalue weighted by atomic mass is 9.94. The van der Waals surface area contributed by atoms with Crippen LogP contribution in [0.15, 0.2) is 152 Å². The van der Waals surface area contributed by atoms with E-state index in [-0.39, 0.29) is 32.8 Å². The van der Waals surface area contributed by atoms with E-state index in [0.717, 1.165) is 22.3 Å². The molecule has 54 heavy (non-hydrogen) atoms. The zero-order chi connectivity index (χ0) is 37.6. The first-order valence-electron chi connectivity index (χ1n) is 17.9. The Morgan fingerprint density at radius 3 is 1.30 bits per heavy atom. The van der Waals surface area contributed by atoms with E-state index >= 15 is 8.78 Å². The molecule has 1 aliphatic rings. The Labute approximate surface area is 315 Å². The SMILES string of the molecule is O=P(O)(OCc1ccccc1)C(F)(F)CC[C@H]1O[C@@H](OCc2ccccc2)[C@H](OCc2ccccc2)[C@@H](OCc2ccccc2)[C@@H]1OCc1ccccc1. The maximum atomic E-state index is 15.7. The van der Waals surface area contributed by atoms with Crippen molar-refractivity contribution in [3.8, 4) is 0 Å². The number of hydrogen-bond donors (Lipinski definition) is 1. The van der Waals surface area contributed by atoms with Crippen molar-refractivity contribution in [3.05, 3.63) is 179 Å². The summed E-state index contributed by atoms with van der Waals surface area (Å²) in [5.41, 5.74) is -0.107. The molecule has 0 amide bonds. The predicted molar refractivity (Wildman–Crippen MR) is 200 cm³/mol. The first-order chi connectivity index (χ1) is 26.3. The van der Waals surface area contributed by atoms with Crippen LogP contribution in [0.5, 0.6) is 0 Å². The highest BCUT2D eigenvalue weighted by Crippen LogP contribution is 2.60. The molecule has 5 aromatic carbocycles. The second kappa shape index (κ2) is 19.5. The van der Waals surface area contributed by atoms with Crippen LogP contribution >= 0.6 is 7.60 Å². The van der Waals surface area contributed by atoms with Crippen LogP contribution in [0.1, 0.15) is 40.7 Å². The molecule has 0 bridgehead atoms. The minimum absolute atomic E-state index is 0.118. The zero-order valence-electron chi connectivity index (χ0n) is 29.8. The zero-order valence-corrected chi connectivity index (χ0v) is 30.7. The Kier molecular flexibility index (Phi) is 14.3. The van der Waals surface area contributed by atoms with Crippen LogP contribution in [-0.2, 0) is 65.8 Å². The summed E-state index contributed by atoms with van der Waals surface area (Å²) in [6, 6.07) is 46.5. The summed E-state index contributed by atoms with van der Waals surface area (Å²) >= 11 is 0. The smallest absolute Gasteiger partial charge is 0.368 e. The summed E-state index contributed by atoms with van der Waals surface area (Å²) in [5.74, 6) is 0. The van der Waals surface area contributed by atoms with Crippen molar-refractivity contribution in [3.63, 3.8) is 0 Å². The molecular weight excluding hydrogens is 713 g/mol. The van der Waals surface area contributed by atoms with E-state index in [1.54, 1.807) is 30.3 Å². The number of halogens is 2. The van der Waals surface area contributed by atoms with E-state index in [0.29, 0.717) is 5.56 Å². The lowest BCUT2D eigenvalue weighted by Crippen LogP contribution is -2.60. The van der Waals surface area contributed by atoms with Crippen molar-refractivity contribution in [2.45, 2.75) is 82.2 Å². The van der Waals surface area contributed by atoms with Crippen LogP contribution in [0, 0.1) is 0 Å². The van der Waals surface area contributed by atoms with Gasteiger partial charge in [-0.1, -0.05) is 152 Å². The van der Waals surface area contributed by atoms with Gasteiger partial charge in [-0.15, -0.1) is 0 Å². The Morgan fingerprint density at radius 1 is 0.519 bits per heavy atom. The van der Waals surface area contributed by atoms with Gasteiger partial charge in [0.15, 0.2) is 6.29 Å². The van der Waals surface area contributed by atoms with Crippen LogP contribution in [0.2, 0.25) is 0 Å². The van der Waals surface area contributed by atoms with Crippen LogP contribution in [-0.4, -0.2) is 41.3 Å². The highest BCUT2D eigenvalue weighted by molar-refractivity contribution is 7.54. The van der Waals surface area contributed by atoms with Crippen molar-refractivity contribution < 1.29 is 46.4 Å². The third-order valence-corrected chi connectivity index (χ3v) is 10.6. The molecule has 0 aliphatic carbocycles. The fraction of sp³-hybridized carbons (Fsp3) is 0.302. The number of ether oxygens (including phenoxy) is 5. The largest absolute Gasteiger partial charge is 0.397 e. The van der Waals surface area contributed by atoms with Gasteiger partial charge in [-0.2, -0.15) is 8.78 Å². The highest BCUT2D eigenvalue weighted by atomic mass is 31.2. The van der Waals surface area contributed by atoms with Crippen LogP contribution in [0.4, 0.5) is 8.78 Å². The fourth-order valence-electron chi connectivity index (χ4n) is 6.15. The van der Waals surface area contributed by atoms with Gasteiger partial charge in [-0.25, -0.2) is 0 Å². The Morgan fingerprint density at radius 2 is 0.870 bits per heavy atom. The molecule has 1 N–H and O–H groups in total. The van der Waals surface area contributed by atoms with Gasteiger partial charge >= 0.3 is 13.3 Å². The van der Waals surface area contributed by atoms with Gasteiger partial charge in [-0.3, -0.25) is 9.09 Å². The van der Waals surface area contributed by atoms with Crippen molar-refractivity contribution in [2.24, 2.45) is 0 Å². The molecule has 6 atom stereocenters. The predicted octanol–water partition coefficient (Wildman–Crippen LogP) is 9.46. The molecule has 1 unspecified atom stereocenters. The second-order valence-electron chi connectivity index (χ2n) is 13.1. The molecule has 1 aliphatic heterocycles. The van der Waals surface area contributed by atoms with E-state index in [2.05, 4.69) is 0 Å². The van der Waals surface area contributed by atoms with Crippen molar-refractivity contribution in [2.75, 3.05) is 0 Å². The average molecular weight is 759 g/mol. The number of rotatable bonds is 19. The molecule has 284 valence electrons. The second-order valence-corrected chi connectivity index (χ2v) is 15.1. The molecule has 11 heteroatoms. The van der Waals surface area contributed by atoms with Crippen molar-refractivity contribution in [1.82, 2.24) is 0 Å². The topological polar surface area (TPSA) is 92.7 Å². The molecule has 6 rings (SSSR count). The highest BCUT2D eigenvalue weighted by Gasteiger charge is 2.54. The number of hydrogen-bond acceptors (Lipinski definition) is 7. The quantitative estimate of drug-likeness (QED) is 0.0834. The molecule has 1 heterocycles. The Hall–Kier alpha value is -4.09. The first kappa shape index (κ1) is 39.6. The Balaban J connectivity index is 1.30. The number of alkyl halides is 2. The standard InChI is InChI=1S/C43H45F2O8P/c44-43(45,54(46,47)52-32-37-24-14-5-15-25-37)27-26-38-39(48-28-33-16-6-1-7-17-33)40(49-29-34-18-8-2-9-19-34)41(50-30-35-20-10-3-11-21-35)42(53-38)51-31-36-22-12-4-13-23-36/h1-25,38-42H,26-32H2,(H,46,47)/t38-,39-,40+,41-,42-/m1/s1. The average Bonchev–Trinajstić information content (AvgIpc) is 3.21. The molecule has 0 saturated carbocycles. The van der Waals surface area contributed by atoms with E-state index in [1.165, 1.54) is 0 Å². The van der Waals surface area contributed by atoms with Gasteiger partial charge in [0.1, 0.15) is 18.3 Å². The third-order valence-electron chi connectivity index (χ3n) is 9.10. The van der Waals surface area contributed by atoms with Gasteiger partial charge in [0.2, 0.25) is 0 Å². The summed E-state index contributed by atoms with van der Waals surface area (Å²) in [4.78, 5) is 10.5. The van der Waals surface area contributed by atoms with Crippen LogP contribution in [0.25, 0.3) is 0 Å². The maximum Gasteiger partial charge on any atom is 0.397 e. The monoisotopic (exact) mass is 758 g/mol. The maximum absolute atomic E-state index is 15.7. The molecule has 8 nitrogen and oxygen atoms in total. The van der Waals surface area contributed by atoms with E-state index in [4.69, 9.17) is 28.2 Å². The lowest BCUT2D eigenvalue weighted by molar-refractivity contribution is -0.327.